The van der Waals surface area contributed by atoms with E-state index in [0.717, 1.165) is 33.3 Å². The standard InChI is InChI=1S/C17H14N4O3/c22-21(23)12-5-6-14-13(7-12)11(8-18-14)9-24-10-17-19-15-3-1-2-4-16(15)20-17/h1-8,18H,9-10H2,(H,19,20). The number of aromatic nitrogens is 3. The van der Waals surface area contributed by atoms with E-state index in [1.54, 1.807) is 12.1 Å². The molecule has 0 fully saturated rings. The van der Waals surface area contributed by atoms with Crippen LogP contribution in [-0.2, 0) is 18.0 Å². The minimum absolute atomic E-state index is 0.0700. The summed E-state index contributed by atoms with van der Waals surface area (Å²) in [5, 5.41) is 11.7. The van der Waals surface area contributed by atoms with Crippen molar-refractivity contribution in [1.82, 2.24) is 15.0 Å². The summed E-state index contributed by atoms with van der Waals surface area (Å²) in [4.78, 5) is 21.3. The molecule has 24 heavy (non-hydrogen) atoms. The number of hydrogen-bond acceptors (Lipinski definition) is 4. The number of hydrogen-bond donors (Lipinski definition) is 2. The fourth-order valence-corrected chi connectivity index (χ4v) is 2.73. The molecule has 2 heterocycles. The molecule has 0 spiro atoms. The van der Waals surface area contributed by atoms with Crippen molar-refractivity contribution in [2.75, 3.05) is 0 Å². The van der Waals surface area contributed by atoms with Gasteiger partial charge in [-0.15, -0.1) is 0 Å². The molecule has 0 saturated carbocycles. The van der Waals surface area contributed by atoms with E-state index in [1.165, 1.54) is 6.07 Å². The fourth-order valence-electron chi connectivity index (χ4n) is 2.73. The average molecular weight is 322 g/mol. The summed E-state index contributed by atoms with van der Waals surface area (Å²) in [7, 11) is 0. The molecule has 0 unspecified atom stereocenters. The first-order valence-electron chi connectivity index (χ1n) is 7.46. The molecule has 2 aromatic heterocycles. The third-order valence-electron chi connectivity index (χ3n) is 3.90. The molecule has 4 rings (SSSR count). The van der Waals surface area contributed by atoms with Crippen LogP contribution in [0.2, 0.25) is 0 Å². The Hall–Kier alpha value is -3.19. The van der Waals surface area contributed by atoms with Crippen molar-refractivity contribution in [1.29, 1.82) is 0 Å². The van der Waals surface area contributed by atoms with E-state index in [0.29, 0.717) is 13.2 Å². The lowest BCUT2D eigenvalue weighted by atomic mass is 10.1. The van der Waals surface area contributed by atoms with Gasteiger partial charge >= 0.3 is 0 Å². The van der Waals surface area contributed by atoms with Gasteiger partial charge in [0.25, 0.3) is 5.69 Å². The molecule has 0 radical (unpaired) electrons. The number of H-pyrrole nitrogens is 2. The predicted octanol–water partition coefficient (Wildman–Crippen LogP) is 3.67. The second kappa shape index (κ2) is 5.78. The highest BCUT2D eigenvalue weighted by atomic mass is 16.6. The summed E-state index contributed by atoms with van der Waals surface area (Å²) in [6.45, 7) is 0.689. The molecule has 0 saturated heterocycles. The summed E-state index contributed by atoms with van der Waals surface area (Å²) in [6, 6.07) is 12.5. The highest BCUT2D eigenvalue weighted by molar-refractivity contribution is 5.85. The zero-order chi connectivity index (χ0) is 16.5. The van der Waals surface area contributed by atoms with Crippen LogP contribution in [0.4, 0.5) is 5.69 Å². The Kier molecular flexibility index (Phi) is 3.47. The number of ether oxygens (including phenoxy) is 1. The van der Waals surface area contributed by atoms with Gasteiger partial charge in [-0.1, -0.05) is 12.1 Å². The number of fused-ring (bicyclic) bond motifs is 2. The number of nitrogens with zero attached hydrogens (tertiary/aromatic N) is 2. The molecule has 2 N–H and O–H groups in total. The summed E-state index contributed by atoms with van der Waals surface area (Å²) >= 11 is 0. The highest BCUT2D eigenvalue weighted by Crippen LogP contribution is 2.24. The second-order valence-corrected chi connectivity index (χ2v) is 5.49. The lowest BCUT2D eigenvalue weighted by Crippen LogP contribution is -1.95. The molecule has 7 nitrogen and oxygen atoms in total. The van der Waals surface area contributed by atoms with Crippen molar-refractivity contribution in [2.24, 2.45) is 0 Å². The number of para-hydroxylation sites is 2. The Morgan fingerprint density at radius 1 is 1.12 bits per heavy atom. The number of imidazole rings is 1. The first kappa shape index (κ1) is 14.4. The zero-order valence-electron chi connectivity index (χ0n) is 12.7. The number of non-ortho nitro benzene ring substituents is 1. The normalized spacial score (nSPS) is 11.3. The molecule has 2 aromatic carbocycles. The van der Waals surface area contributed by atoms with Crippen LogP contribution in [0, 0.1) is 10.1 Å². The minimum atomic E-state index is -0.397. The van der Waals surface area contributed by atoms with E-state index in [4.69, 9.17) is 4.74 Å². The summed E-state index contributed by atoms with van der Waals surface area (Å²) in [5.41, 5.74) is 3.67. The number of nitrogens with one attached hydrogen (secondary N) is 2. The van der Waals surface area contributed by atoms with E-state index < -0.39 is 4.92 Å². The van der Waals surface area contributed by atoms with E-state index in [1.807, 2.05) is 30.5 Å². The maximum Gasteiger partial charge on any atom is 0.270 e. The summed E-state index contributed by atoms with van der Waals surface area (Å²) < 4.78 is 5.72. The van der Waals surface area contributed by atoms with E-state index in [2.05, 4.69) is 15.0 Å². The van der Waals surface area contributed by atoms with Gasteiger partial charge in [0, 0.05) is 34.8 Å². The summed E-state index contributed by atoms with van der Waals surface area (Å²) in [6.07, 6.45) is 1.81. The maximum atomic E-state index is 10.9. The molecule has 0 aliphatic heterocycles. The van der Waals surface area contributed by atoms with Crippen LogP contribution in [0.5, 0.6) is 0 Å². The van der Waals surface area contributed by atoms with Crippen LogP contribution >= 0.6 is 0 Å². The SMILES string of the molecule is O=[N+]([O-])c1ccc2[nH]cc(COCc3nc4ccccc4[nH]3)c2c1. The first-order chi connectivity index (χ1) is 11.7. The largest absolute Gasteiger partial charge is 0.369 e. The lowest BCUT2D eigenvalue weighted by Gasteiger charge is -2.01. The molecule has 0 aliphatic rings. The van der Waals surface area contributed by atoms with Gasteiger partial charge in [0.15, 0.2) is 0 Å². The molecule has 120 valence electrons. The van der Waals surface area contributed by atoms with Crippen LogP contribution in [0.1, 0.15) is 11.4 Å². The van der Waals surface area contributed by atoms with Gasteiger partial charge in [-0.25, -0.2) is 4.98 Å². The lowest BCUT2D eigenvalue weighted by molar-refractivity contribution is -0.384. The predicted molar refractivity (Wildman–Crippen MR) is 89.5 cm³/mol. The monoisotopic (exact) mass is 322 g/mol. The molecule has 4 aromatic rings. The smallest absolute Gasteiger partial charge is 0.270 e. The average Bonchev–Trinajstić information content (AvgIpc) is 3.18. The molecule has 0 bridgehead atoms. The van der Waals surface area contributed by atoms with Gasteiger partial charge in [0.1, 0.15) is 12.4 Å². The summed E-state index contributed by atoms with van der Waals surface area (Å²) in [5.74, 6) is 0.752. The van der Waals surface area contributed by atoms with Crippen LogP contribution in [0.15, 0.2) is 48.7 Å². The van der Waals surface area contributed by atoms with Crippen molar-refractivity contribution in [2.45, 2.75) is 13.2 Å². The zero-order valence-corrected chi connectivity index (χ0v) is 12.7. The van der Waals surface area contributed by atoms with Crippen molar-refractivity contribution >= 4 is 27.6 Å². The number of nitro benzene ring substituents is 1. The van der Waals surface area contributed by atoms with Gasteiger partial charge < -0.3 is 14.7 Å². The maximum absolute atomic E-state index is 10.9. The van der Waals surface area contributed by atoms with Crippen molar-refractivity contribution in [3.63, 3.8) is 0 Å². The molecule has 0 aliphatic carbocycles. The third kappa shape index (κ3) is 2.61. The van der Waals surface area contributed by atoms with E-state index >= 15 is 0 Å². The molecule has 0 amide bonds. The number of aromatic amines is 2. The van der Waals surface area contributed by atoms with Gasteiger partial charge in [-0.05, 0) is 18.2 Å². The number of benzene rings is 2. The number of nitro groups is 1. The first-order valence-corrected chi connectivity index (χ1v) is 7.46. The van der Waals surface area contributed by atoms with Gasteiger partial charge in [-0.2, -0.15) is 0 Å². The van der Waals surface area contributed by atoms with Crippen molar-refractivity contribution in [3.05, 3.63) is 70.2 Å². The van der Waals surface area contributed by atoms with Crippen LogP contribution in [0.3, 0.4) is 0 Å². The quantitative estimate of drug-likeness (QED) is 0.433. The van der Waals surface area contributed by atoms with E-state index in [9.17, 15) is 10.1 Å². The third-order valence-corrected chi connectivity index (χ3v) is 3.90. The minimum Gasteiger partial charge on any atom is -0.369 e. The van der Waals surface area contributed by atoms with Crippen LogP contribution in [0.25, 0.3) is 21.9 Å². The Morgan fingerprint density at radius 3 is 2.83 bits per heavy atom. The van der Waals surface area contributed by atoms with Gasteiger partial charge in [-0.3, -0.25) is 10.1 Å². The molecule has 7 heteroatoms. The topological polar surface area (TPSA) is 96.8 Å². The Bertz CT molecular complexity index is 1000. The van der Waals surface area contributed by atoms with Gasteiger partial charge in [0.05, 0.1) is 22.6 Å². The Morgan fingerprint density at radius 2 is 2.00 bits per heavy atom. The Labute approximate surface area is 136 Å². The van der Waals surface area contributed by atoms with Crippen LogP contribution < -0.4 is 0 Å². The van der Waals surface area contributed by atoms with E-state index in [-0.39, 0.29) is 5.69 Å². The highest BCUT2D eigenvalue weighted by Gasteiger charge is 2.11. The second-order valence-electron chi connectivity index (χ2n) is 5.49. The molecular weight excluding hydrogens is 308 g/mol. The van der Waals surface area contributed by atoms with Crippen molar-refractivity contribution in [3.8, 4) is 0 Å². The fraction of sp³-hybridized carbons (Fsp3) is 0.118. The van der Waals surface area contributed by atoms with Crippen molar-refractivity contribution < 1.29 is 9.66 Å². The number of rotatable bonds is 5. The molecular formula is C17H14N4O3. The Balaban J connectivity index is 1.50. The molecule has 0 atom stereocenters. The van der Waals surface area contributed by atoms with Crippen LogP contribution in [-0.4, -0.2) is 19.9 Å². The van der Waals surface area contributed by atoms with Gasteiger partial charge in [0.2, 0.25) is 0 Å².